The van der Waals surface area contributed by atoms with Crippen LogP contribution in [0, 0.1) is 6.92 Å². The number of hydrogen-bond acceptors (Lipinski definition) is 5. The largest absolute Gasteiger partial charge is 0.314 e. The zero-order valence-electron chi connectivity index (χ0n) is 11.5. The average Bonchev–Trinajstić information content (AvgIpc) is 2.77. The summed E-state index contributed by atoms with van der Waals surface area (Å²) in [5.41, 5.74) is 0.955. The fourth-order valence-electron chi connectivity index (χ4n) is 2.08. The highest BCUT2D eigenvalue weighted by atomic mass is 79.9. The van der Waals surface area contributed by atoms with Gasteiger partial charge in [-0.15, -0.1) is 11.3 Å². The quantitative estimate of drug-likeness (QED) is 0.731. The van der Waals surface area contributed by atoms with Crippen LogP contribution in [0.4, 0.5) is 0 Å². The van der Waals surface area contributed by atoms with Crippen LogP contribution in [0.15, 0.2) is 14.1 Å². The number of sulfonamides is 1. The van der Waals surface area contributed by atoms with Crippen molar-refractivity contribution in [3.63, 3.8) is 0 Å². The summed E-state index contributed by atoms with van der Waals surface area (Å²) in [6, 6.07) is 1.70. The van der Waals surface area contributed by atoms with Crippen LogP contribution in [0.3, 0.4) is 0 Å². The fourth-order valence-corrected chi connectivity index (χ4v) is 5.42. The molecule has 1 saturated heterocycles. The van der Waals surface area contributed by atoms with Crippen LogP contribution in [0.25, 0.3) is 0 Å². The molecule has 1 aliphatic rings. The highest BCUT2D eigenvalue weighted by Gasteiger charge is 2.18. The summed E-state index contributed by atoms with van der Waals surface area (Å²) in [4.78, 5) is 2.36. The fraction of sp³-hybridized carbons (Fsp3) is 0.667. The predicted molar refractivity (Wildman–Crippen MR) is 85.9 cm³/mol. The summed E-state index contributed by atoms with van der Waals surface area (Å²) in [6.45, 7) is 7.46. The lowest BCUT2D eigenvalue weighted by molar-refractivity contribution is 0.239. The molecule has 0 bridgehead atoms. The first-order chi connectivity index (χ1) is 9.49. The standard InChI is InChI=1S/C12H20BrN3O2S2/c1-10-9-11(19-12(10)13)20(17,18)15-3-2-6-16-7-4-14-5-8-16/h9,14-15H,2-8H2,1H3. The van der Waals surface area contributed by atoms with Crippen molar-refractivity contribution >= 4 is 37.3 Å². The molecule has 0 unspecified atom stereocenters. The van der Waals surface area contributed by atoms with Crippen molar-refractivity contribution < 1.29 is 8.42 Å². The number of rotatable bonds is 6. The van der Waals surface area contributed by atoms with E-state index in [9.17, 15) is 8.42 Å². The maximum absolute atomic E-state index is 12.1. The van der Waals surface area contributed by atoms with E-state index in [1.54, 1.807) is 6.07 Å². The van der Waals surface area contributed by atoms with E-state index in [0.29, 0.717) is 10.8 Å². The molecule has 2 N–H and O–H groups in total. The Labute approximate surface area is 132 Å². The molecule has 0 amide bonds. The number of nitrogens with zero attached hydrogens (tertiary/aromatic N) is 1. The van der Waals surface area contributed by atoms with Gasteiger partial charge in [-0.1, -0.05) is 0 Å². The molecular weight excluding hydrogens is 362 g/mol. The van der Waals surface area contributed by atoms with Crippen LogP contribution >= 0.6 is 27.3 Å². The van der Waals surface area contributed by atoms with E-state index in [0.717, 1.165) is 48.5 Å². The van der Waals surface area contributed by atoms with E-state index in [2.05, 4.69) is 30.9 Å². The van der Waals surface area contributed by atoms with Gasteiger partial charge in [-0.2, -0.15) is 0 Å². The topological polar surface area (TPSA) is 61.4 Å². The molecule has 1 aromatic rings. The van der Waals surface area contributed by atoms with Crippen molar-refractivity contribution in [1.29, 1.82) is 0 Å². The molecule has 0 atom stereocenters. The van der Waals surface area contributed by atoms with Crippen molar-refractivity contribution in [3.05, 3.63) is 15.4 Å². The Balaban J connectivity index is 1.77. The second kappa shape index (κ2) is 7.33. The second-order valence-electron chi connectivity index (χ2n) is 4.87. The van der Waals surface area contributed by atoms with Crippen molar-refractivity contribution in [3.8, 4) is 0 Å². The third kappa shape index (κ3) is 4.51. The van der Waals surface area contributed by atoms with E-state index in [1.807, 2.05) is 6.92 Å². The number of nitrogens with one attached hydrogen (secondary N) is 2. The molecule has 0 saturated carbocycles. The van der Waals surface area contributed by atoms with Crippen LogP contribution < -0.4 is 10.0 Å². The van der Waals surface area contributed by atoms with Gasteiger partial charge in [0.1, 0.15) is 4.21 Å². The Morgan fingerprint density at radius 3 is 2.75 bits per heavy atom. The molecule has 114 valence electrons. The van der Waals surface area contributed by atoms with Crippen molar-refractivity contribution in [1.82, 2.24) is 14.9 Å². The number of aryl methyl sites for hydroxylation is 1. The molecule has 8 heteroatoms. The van der Waals surface area contributed by atoms with Crippen LogP contribution in [0.1, 0.15) is 12.0 Å². The first kappa shape index (κ1) is 16.4. The van der Waals surface area contributed by atoms with Crippen molar-refractivity contribution in [2.75, 3.05) is 39.3 Å². The van der Waals surface area contributed by atoms with Gasteiger partial charge in [0.2, 0.25) is 10.0 Å². The van der Waals surface area contributed by atoms with E-state index < -0.39 is 10.0 Å². The molecule has 2 heterocycles. The maximum atomic E-state index is 12.1. The minimum absolute atomic E-state index is 0.379. The monoisotopic (exact) mass is 381 g/mol. The molecule has 1 aliphatic heterocycles. The van der Waals surface area contributed by atoms with Gasteiger partial charge in [0.25, 0.3) is 0 Å². The van der Waals surface area contributed by atoms with Gasteiger partial charge < -0.3 is 10.2 Å². The number of piperazine rings is 1. The first-order valence-electron chi connectivity index (χ1n) is 6.68. The van der Waals surface area contributed by atoms with Crippen LogP contribution in [0.2, 0.25) is 0 Å². The molecular formula is C12H20BrN3O2S2. The normalized spacial score (nSPS) is 17.5. The smallest absolute Gasteiger partial charge is 0.250 e. The zero-order chi connectivity index (χ0) is 14.6. The molecule has 1 aromatic heterocycles. The van der Waals surface area contributed by atoms with E-state index in [1.165, 1.54) is 11.3 Å². The molecule has 0 radical (unpaired) electrons. The Bertz CT molecular complexity index is 519. The van der Waals surface area contributed by atoms with E-state index in [-0.39, 0.29) is 0 Å². The van der Waals surface area contributed by atoms with Gasteiger partial charge >= 0.3 is 0 Å². The lowest BCUT2D eigenvalue weighted by atomic mass is 10.3. The van der Waals surface area contributed by atoms with Crippen LogP contribution in [-0.4, -0.2) is 52.6 Å². The highest BCUT2D eigenvalue weighted by Crippen LogP contribution is 2.30. The van der Waals surface area contributed by atoms with Gasteiger partial charge in [-0.25, -0.2) is 13.1 Å². The van der Waals surface area contributed by atoms with E-state index in [4.69, 9.17) is 0 Å². The Morgan fingerprint density at radius 2 is 2.15 bits per heavy atom. The number of halogens is 1. The van der Waals surface area contributed by atoms with Crippen molar-refractivity contribution in [2.45, 2.75) is 17.6 Å². The average molecular weight is 382 g/mol. The lowest BCUT2D eigenvalue weighted by Gasteiger charge is -2.26. The highest BCUT2D eigenvalue weighted by molar-refractivity contribution is 9.11. The summed E-state index contributed by atoms with van der Waals surface area (Å²) in [5.74, 6) is 0. The molecule has 0 spiro atoms. The Kier molecular flexibility index (Phi) is 6.00. The maximum Gasteiger partial charge on any atom is 0.250 e. The molecule has 20 heavy (non-hydrogen) atoms. The van der Waals surface area contributed by atoms with Gasteiger partial charge in [-0.05, 0) is 47.4 Å². The molecule has 0 aromatic carbocycles. The Hall–Kier alpha value is 0.01000. The first-order valence-corrected chi connectivity index (χ1v) is 9.77. The van der Waals surface area contributed by atoms with Gasteiger partial charge in [0.15, 0.2) is 0 Å². The minimum Gasteiger partial charge on any atom is -0.314 e. The second-order valence-corrected chi connectivity index (χ2v) is 9.23. The summed E-state index contributed by atoms with van der Waals surface area (Å²) in [6.07, 6.45) is 0.838. The molecule has 2 rings (SSSR count). The summed E-state index contributed by atoms with van der Waals surface area (Å²) in [7, 11) is -3.36. The SMILES string of the molecule is Cc1cc(S(=O)(=O)NCCCN2CCNCC2)sc1Br. The predicted octanol–water partition coefficient (Wildman–Crippen LogP) is 1.39. The number of thiophene rings is 1. The summed E-state index contributed by atoms with van der Waals surface area (Å²) < 4.78 is 28.1. The summed E-state index contributed by atoms with van der Waals surface area (Å²) >= 11 is 4.61. The van der Waals surface area contributed by atoms with Gasteiger partial charge in [-0.3, -0.25) is 0 Å². The molecule has 1 fully saturated rings. The molecule has 0 aliphatic carbocycles. The Morgan fingerprint density at radius 1 is 1.45 bits per heavy atom. The van der Waals surface area contributed by atoms with Gasteiger partial charge in [0, 0.05) is 32.7 Å². The zero-order valence-corrected chi connectivity index (χ0v) is 14.7. The van der Waals surface area contributed by atoms with Gasteiger partial charge in [0.05, 0.1) is 3.79 Å². The van der Waals surface area contributed by atoms with E-state index >= 15 is 0 Å². The number of hydrogen-bond donors (Lipinski definition) is 2. The third-order valence-electron chi connectivity index (χ3n) is 3.25. The van der Waals surface area contributed by atoms with Crippen LogP contribution in [0.5, 0.6) is 0 Å². The summed E-state index contributed by atoms with van der Waals surface area (Å²) in [5, 5.41) is 3.30. The van der Waals surface area contributed by atoms with Crippen molar-refractivity contribution in [2.24, 2.45) is 0 Å². The van der Waals surface area contributed by atoms with Crippen LogP contribution in [-0.2, 0) is 10.0 Å². The third-order valence-corrected chi connectivity index (χ3v) is 7.32. The minimum atomic E-state index is -3.36. The lowest BCUT2D eigenvalue weighted by Crippen LogP contribution is -2.44. The molecule has 5 nitrogen and oxygen atoms in total.